The summed E-state index contributed by atoms with van der Waals surface area (Å²) < 4.78 is 36.3. The van der Waals surface area contributed by atoms with Crippen LogP contribution < -0.4 is 15.2 Å². The molecule has 0 radical (unpaired) electrons. The molecular weight excluding hydrogens is 609 g/mol. The van der Waals surface area contributed by atoms with Crippen molar-refractivity contribution in [2.75, 3.05) is 18.9 Å². The van der Waals surface area contributed by atoms with Gasteiger partial charge in [-0.25, -0.2) is 14.0 Å². The largest absolute Gasteiger partial charge is 0.423 e. The average molecular weight is 652 g/mol. The number of nitro groups is 1. The zero-order valence-corrected chi connectivity index (χ0v) is 26.8. The van der Waals surface area contributed by atoms with Crippen molar-refractivity contribution in [2.45, 2.75) is 84.1 Å². The zero-order valence-electron chi connectivity index (χ0n) is 26.8. The molecule has 0 spiro atoms. The number of nitrogen functional groups attached to an aromatic ring is 1. The molecule has 1 aromatic heterocycles. The highest BCUT2D eigenvalue weighted by atomic mass is 19.1. The number of hydrogen-bond donors (Lipinski definition) is 1. The number of benzene rings is 2. The predicted octanol–water partition coefficient (Wildman–Crippen LogP) is 7.91. The van der Waals surface area contributed by atoms with Gasteiger partial charge < -0.3 is 24.7 Å². The summed E-state index contributed by atoms with van der Waals surface area (Å²) in [6.45, 7) is 5.37. The zero-order chi connectivity index (χ0) is 33.8. The Morgan fingerprint density at radius 3 is 2.34 bits per heavy atom. The Morgan fingerprint density at radius 2 is 1.70 bits per heavy atom. The lowest BCUT2D eigenvalue weighted by molar-refractivity contribution is -0.385. The van der Waals surface area contributed by atoms with E-state index in [1.54, 1.807) is 30.5 Å². The molecule has 1 saturated heterocycles. The Hall–Kier alpha value is -4.42. The van der Waals surface area contributed by atoms with E-state index in [1.165, 1.54) is 32.1 Å². The topological polar surface area (TPSA) is 153 Å². The number of halogens is 1. The van der Waals surface area contributed by atoms with Crippen molar-refractivity contribution in [3.63, 3.8) is 0 Å². The molecule has 1 fully saturated rings. The van der Waals surface area contributed by atoms with Crippen molar-refractivity contribution >= 4 is 23.3 Å². The molecule has 1 aliphatic rings. The number of ether oxygens (including phenoxy) is 4. The Bertz CT molecular complexity index is 1490. The van der Waals surface area contributed by atoms with Gasteiger partial charge in [0.05, 0.1) is 35.1 Å². The van der Waals surface area contributed by atoms with Crippen molar-refractivity contribution in [1.82, 2.24) is 4.98 Å². The fourth-order valence-corrected chi connectivity index (χ4v) is 5.17. The van der Waals surface area contributed by atoms with Crippen molar-refractivity contribution in [1.29, 1.82) is 0 Å². The van der Waals surface area contributed by atoms with E-state index in [0.717, 1.165) is 29.7 Å². The number of alkyl halides is 1. The third-order valence-corrected chi connectivity index (χ3v) is 7.93. The SMILES string of the molecule is CCCCCCCC1COC(c2ccc(-c3ccc(OC(=O)c4cc([N+](=O)[O-])c(OC(=O)[C@H](F)CCCC)cc4N)cc3)nc2)OC1. The van der Waals surface area contributed by atoms with E-state index in [4.69, 9.17) is 24.7 Å². The second kappa shape index (κ2) is 17.5. The first-order valence-corrected chi connectivity index (χ1v) is 16.2. The van der Waals surface area contributed by atoms with Crippen LogP contribution in [0.4, 0.5) is 15.8 Å². The van der Waals surface area contributed by atoms with Crippen LogP contribution in [0.5, 0.6) is 11.5 Å². The molecule has 2 heterocycles. The quantitative estimate of drug-likeness (QED) is 0.0403. The number of carbonyl (C=O) groups is 2. The maximum Gasteiger partial charge on any atom is 0.346 e. The molecule has 1 atom stereocenters. The van der Waals surface area contributed by atoms with Gasteiger partial charge in [0.1, 0.15) is 5.75 Å². The number of esters is 2. The van der Waals surface area contributed by atoms with E-state index < -0.39 is 40.8 Å². The van der Waals surface area contributed by atoms with Crippen LogP contribution in [0.1, 0.15) is 93.8 Å². The van der Waals surface area contributed by atoms with Crippen LogP contribution in [0.2, 0.25) is 0 Å². The summed E-state index contributed by atoms with van der Waals surface area (Å²) in [7, 11) is 0. The van der Waals surface area contributed by atoms with Crippen molar-refractivity contribution in [3.8, 4) is 22.8 Å². The number of nitrogens with zero attached hydrogens (tertiary/aromatic N) is 2. The van der Waals surface area contributed by atoms with Crippen LogP contribution in [0, 0.1) is 16.0 Å². The van der Waals surface area contributed by atoms with Gasteiger partial charge in [-0.3, -0.25) is 15.1 Å². The van der Waals surface area contributed by atoms with E-state index in [0.29, 0.717) is 37.7 Å². The molecular formula is C35H42FN3O8. The van der Waals surface area contributed by atoms with Crippen LogP contribution in [0.25, 0.3) is 11.3 Å². The molecule has 0 amide bonds. The van der Waals surface area contributed by atoms with Crippen molar-refractivity contribution < 1.29 is 37.9 Å². The van der Waals surface area contributed by atoms with Crippen LogP contribution in [-0.4, -0.2) is 41.2 Å². The van der Waals surface area contributed by atoms with Crippen LogP contribution in [0.3, 0.4) is 0 Å². The Kier molecular flexibility index (Phi) is 13.2. The van der Waals surface area contributed by atoms with Gasteiger partial charge >= 0.3 is 17.6 Å². The minimum Gasteiger partial charge on any atom is -0.423 e. The molecule has 47 heavy (non-hydrogen) atoms. The van der Waals surface area contributed by atoms with Crippen LogP contribution >= 0.6 is 0 Å². The first-order chi connectivity index (χ1) is 22.7. The Labute approximate surface area is 273 Å². The number of nitrogens with two attached hydrogens (primary N) is 1. The lowest BCUT2D eigenvalue weighted by Gasteiger charge is -2.29. The first kappa shape index (κ1) is 35.4. The van der Waals surface area contributed by atoms with E-state index >= 15 is 0 Å². The number of hydrogen-bond acceptors (Lipinski definition) is 10. The molecule has 4 rings (SSSR count). The van der Waals surface area contributed by atoms with Gasteiger partial charge in [-0.05, 0) is 43.2 Å². The highest BCUT2D eigenvalue weighted by molar-refractivity contribution is 5.98. The fourth-order valence-electron chi connectivity index (χ4n) is 5.17. The summed E-state index contributed by atoms with van der Waals surface area (Å²) in [4.78, 5) is 40.3. The lowest BCUT2D eigenvalue weighted by atomic mass is 10.0. The van der Waals surface area contributed by atoms with Gasteiger partial charge in [-0.15, -0.1) is 0 Å². The van der Waals surface area contributed by atoms with Gasteiger partial charge in [0.2, 0.25) is 5.75 Å². The highest BCUT2D eigenvalue weighted by Gasteiger charge is 2.28. The number of aromatic nitrogens is 1. The number of anilines is 1. The number of rotatable bonds is 16. The summed E-state index contributed by atoms with van der Waals surface area (Å²) in [5.74, 6) is -2.22. The molecule has 2 aromatic carbocycles. The summed E-state index contributed by atoms with van der Waals surface area (Å²) in [5, 5.41) is 11.7. The lowest BCUT2D eigenvalue weighted by Crippen LogP contribution is -2.27. The second-order valence-electron chi connectivity index (χ2n) is 11.7. The summed E-state index contributed by atoms with van der Waals surface area (Å²) >= 11 is 0. The average Bonchev–Trinajstić information content (AvgIpc) is 3.07. The normalized spacial score (nSPS) is 16.7. The van der Waals surface area contributed by atoms with E-state index in [-0.39, 0.29) is 23.4 Å². The predicted molar refractivity (Wildman–Crippen MR) is 174 cm³/mol. The molecule has 1 aliphatic heterocycles. The molecule has 2 N–H and O–H groups in total. The van der Waals surface area contributed by atoms with Crippen LogP contribution in [-0.2, 0) is 14.3 Å². The standard InChI is InChI=1S/C35H42FN3O8/c1-3-5-7-8-9-10-23-21-44-35(45-22-23)25-14-17-30(38-20-25)24-12-15-26(16-13-24)46-33(40)27-18-31(39(42)43)32(19-29(27)37)47-34(41)28(36)11-6-4-2/h12-20,23,28,35H,3-11,21-22,37H2,1-2H3/t23?,28-,35?/m1/s1. The molecule has 0 bridgehead atoms. The van der Waals surface area contributed by atoms with Gasteiger partial charge in [0.15, 0.2) is 12.5 Å². The third-order valence-electron chi connectivity index (χ3n) is 7.93. The number of pyridine rings is 1. The molecule has 0 aliphatic carbocycles. The second-order valence-corrected chi connectivity index (χ2v) is 11.7. The maximum absolute atomic E-state index is 14.1. The molecule has 0 saturated carbocycles. The van der Waals surface area contributed by atoms with Gasteiger partial charge in [-0.1, -0.05) is 64.9 Å². The smallest absolute Gasteiger partial charge is 0.346 e. The van der Waals surface area contributed by atoms with E-state index in [1.807, 2.05) is 19.1 Å². The van der Waals surface area contributed by atoms with E-state index in [9.17, 15) is 24.1 Å². The minimum absolute atomic E-state index is 0.0761. The molecule has 3 aromatic rings. The van der Waals surface area contributed by atoms with Gasteiger partial charge in [-0.2, -0.15) is 0 Å². The van der Waals surface area contributed by atoms with Crippen molar-refractivity contribution in [2.24, 2.45) is 5.92 Å². The number of nitro benzene ring substituents is 1. The fraction of sp³-hybridized carbons (Fsp3) is 0.457. The molecule has 252 valence electrons. The summed E-state index contributed by atoms with van der Waals surface area (Å²) in [6.07, 6.45) is 7.70. The number of carbonyl (C=O) groups excluding carboxylic acids is 2. The summed E-state index contributed by atoms with van der Waals surface area (Å²) in [5.41, 5.74) is 6.94. The monoisotopic (exact) mass is 651 g/mol. The Balaban J connectivity index is 1.33. The van der Waals surface area contributed by atoms with Crippen LogP contribution in [0.15, 0.2) is 54.7 Å². The van der Waals surface area contributed by atoms with Gasteiger partial charge in [0, 0.05) is 35.4 Å². The van der Waals surface area contributed by atoms with E-state index in [2.05, 4.69) is 11.9 Å². The minimum atomic E-state index is -1.95. The molecule has 11 nitrogen and oxygen atoms in total. The first-order valence-electron chi connectivity index (χ1n) is 16.2. The number of unbranched alkanes of at least 4 members (excludes halogenated alkanes) is 5. The highest BCUT2D eigenvalue weighted by Crippen LogP contribution is 2.34. The van der Waals surface area contributed by atoms with Crippen molar-refractivity contribution in [3.05, 3.63) is 76.0 Å². The molecule has 12 heteroatoms. The third kappa shape index (κ3) is 10.0. The Morgan fingerprint density at radius 1 is 1.00 bits per heavy atom. The maximum atomic E-state index is 14.1. The van der Waals surface area contributed by atoms with Gasteiger partial charge in [0.25, 0.3) is 0 Å². The molecule has 0 unspecified atom stereocenters. The summed E-state index contributed by atoms with van der Waals surface area (Å²) in [6, 6.07) is 12.1.